The van der Waals surface area contributed by atoms with Crippen molar-refractivity contribution in [3.05, 3.63) is 39.9 Å². The number of carbonyl (C=O) groups is 2. The molecule has 0 radical (unpaired) electrons. The average Bonchev–Trinajstić information content (AvgIpc) is 3.18. The van der Waals surface area contributed by atoms with E-state index in [0.29, 0.717) is 18.2 Å². The number of hydrogen-bond acceptors (Lipinski definition) is 6. The fraction of sp³-hybridized carbons (Fsp3) is 0.565. The predicted molar refractivity (Wildman–Crippen MR) is 124 cm³/mol. The first-order chi connectivity index (χ1) is 14.6. The maximum absolute atomic E-state index is 12.5. The number of rotatable bonds is 6. The highest BCUT2D eigenvalue weighted by molar-refractivity contribution is 7.15. The minimum absolute atomic E-state index is 0.0361. The highest BCUT2D eigenvalue weighted by Crippen LogP contribution is 2.27. The molecule has 8 heteroatoms. The maximum Gasteiger partial charge on any atom is 0.226 e. The van der Waals surface area contributed by atoms with E-state index in [-0.39, 0.29) is 30.1 Å². The summed E-state index contributed by atoms with van der Waals surface area (Å²) in [6.07, 6.45) is 0.375. The molecule has 1 aliphatic heterocycles. The third-order valence-electron chi connectivity index (χ3n) is 5.50. The molecule has 31 heavy (non-hydrogen) atoms. The Balaban J connectivity index is 1.40. The lowest BCUT2D eigenvalue weighted by Gasteiger charge is -2.35. The first kappa shape index (κ1) is 23.3. The van der Waals surface area contributed by atoms with Crippen LogP contribution < -0.4 is 5.32 Å². The number of amides is 2. The quantitative estimate of drug-likeness (QED) is 0.739. The molecule has 1 aromatic carbocycles. The van der Waals surface area contributed by atoms with Gasteiger partial charge in [-0.2, -0.15) is 0 Å². The van der Waals surface area contributed by atoms with Crippen molar-refractivity contribution in [2.24, 2.45) is 0 Å². The van der Waals surface area contributed by atoms with Gasteiger partial charge in [-0.1, -0.05) is 55.9 Å². The second-order valence-corrected chi connectivity index (χ2v) is 10.3. The monoisotopic (exact) mass is 443 g/mol. The van der Waals surface area contributed by atoms with Gasteiger partial charge in [0.15, 0.2) is 0 Å². The number of nitrogens with zero attached hydrogens (tertiary/aromatic N) is 4. The van der Waals surface area contributed by atoms with Crippen LogP contribution in [0.5, 0.6) is 0 Å². The molecular weight excluding hydrogens is 410 g/mol. The van der Waals surface area contributed by atoms with Crippen molar-refractivity contribution in [2.45, 2.75) is 59.4 Å². The number of anilines is 1. The van der Waals surface area contributed by atoms with Crippen LogP contribution in [0, 0.1) is 13.8 Å². The lowest BCUT2D eigenvalue weighted by Crippen LogP contribution is -2.48. The Hall–Kier alpha value is -2.32. The van der Waals surface area contributed by atoms with E-state index in [0.717, 1.165) is 24.6 Å². The van der Waals surface area contributed by atoms with Gasteiger partial charge in [-0.25, -0.2) is 0 Å². The van der Waals surface area contributed by atoms with Gasteiger partial charge >= 0.3 is 0 Å². The number of aryl methyl sites for hydroxylation is 2. The van der Waals surface area contributed by atoms with Crippen molar-refractivity contribution >= 4 is 28.3 Å². The standard InChI is InChI=1S/C23H33N5O2S/c1-16-6-7-18(17(2)14-16)15-27-10-12-28(13-11-27)20(30)9-8-19(29)24-22-26-25-21(31-22)23(3,4)5/h6-7,14H,8-13,15H2,1-5H3,(H,24,26,29). The summed E-state index contributed by atoms with van der Waals surface area (Å²) in [5.41, 5.74) is 3.83. The zero-order valence-corrected chi connectivity index (χ0v) is 20.0. The summed E-state index contributed by atoms with van der Waals surface area (Å²) in [6, 6.07) is 6.56. The van der Waals surface area contributed by atoms with E-state index >= 15 is 0 Å². The Labute approximate surface area is 188 Å². The molecule has 0 atom stereocenters. The second-order valence-electron chi connectivity index (χ2n) is 9.30. The van der Waals surface area contributed by atoms with Gasteiger partial charge in [0.2, 0.25) is 16.9 Å². The summed E-state index contributed by atoms with van der Waals surface area (Å²) >= 11 is 1.38. The SMILES string of the molecule is Cc1ccc(CN2CCN(C(=O)CCC(=O)Nc3nnc(C(C)(C)C)s3)CC2)c(C)c1. The van der Waals surface area contributed by atoms with Gasteiger partial charge in [0.05, 0.1) is 0 Å². The van der Waals surface area contributed by atoms with Gasteiger partial charge in [-0.05, 0) is 25.0 Å². The Morgan fingerprint density at radius 2 is 1.77 bits per heavy atom. The minimum Gasteiger partial charge on any atom is -0.340 e. The molecule has 0 spiro atoms. The second kappa shape index (κ2) is 9.87. The number of benzene rings is 1. The number of hydrogen-bond donors (Lipinski definition) is 1. The Morgan fingerprint density at radius 1 is 1.06 bits per heavy atom. The molecule has 1 aromatic heterocycles. The molecule has 2 amide bonds. The van der Waals surface area contributed by atoms with E-state index in [1.54, 1.807) is 0 Å². The van der Waals surface area contributed by atoms with E-state index in [9.17, 15) is 9.59 Å². The van der Waals surface area contributed by atoms with Crippen LogP contribution in [0.1, 0.15) is 55.3 Å². The minimum atomic E-state index is -0.196. The molecule has 2 aromatic rings. The fourth-order valence-corrected chi connectivity index (χ4v) is 4.37. The third-order valence-corrected chi connectivity index (χ3v) is 6.76. The molecule has 1 fully saturated rings. The summed E-state index contributed by atoms with van der Waals surface area (Å²) in [4.78, 5) is 29.0. The van der Waals surface area contributed by atoms with Gasteiger partial charge in [-0.15, -0.1) is 10.2 Å². The zero-order valence-electron chi connectivity index (χ0n) is 19.2. The topological polar surface area (TPSA) is 78.4 Å². The van der Waals surface area contributed by atoms with E-state index in [1.165, 1.54) is 28.0 Å². The molecule has 3 rings (SSSR count). The molecule has 0 saturated carbocycles. The first-order valence-electron chi connectivity index (χ1n) is 10.8. The summed E-state index contributed by atoms with van der Waals surface area (Å²) in [7, 11) is 0. The van der Waals surface area contributed by atoms with Gasteiger partial charge in [0.25, 0.3) is 0 Å². The lowest BCUT2D eigenvalue weighted by molar-refractivity contribution is -0.134. The van der Waals surface area contributed by atoms with Crippen molar-refractivity contribution < 1.29 is 9.59 Å². The van der Waals surface area contributed by atoms with Crippen molar-refractivity contribution in [3.8, 4) is 0 Å². The molecule has 2 heterocycles. The Kier molecular flexibility index (Phi) is 7.43. The first-order valence-corrected chi connectivity index (χ1v) is 11.6. The van der Waals surface area contributed by atoms with Crippen LogP contribution in [-0.4, -0.2) is 58.0 Å². The van der Waals surface area contributed by atoms with Gasteiger partial charge in [0, 0.05) is 51.0 Å². The van der Waals surface area contributed by atoms with Crippen LogP contribution >= 0.6 is 11.3 Å². The number of carbonyl (C=O) groups excluding carboxylic acids is 2. The third kappa shape index (κ3) is 6.58. The number of piperazine rings is 1. The van der Waals surface area contributed by atoms with E-state index in [1.807, 2.05) is 4.90 Å². The number of aromatic nitrogens is 2. The molecular formula is C23H33N5O2S. The summed E-state index contributed by atoms with van der Waals surface area (Å²) in [6.45, 7) is 14.5. The lowest BCUT2D eigenvalue weighted by atomic mass is 9.98. The van der Waals surface area contributed by atoms with Crippen molar-refractivity contribution in [2.75, 3.05) is 31.5 Å². The highest BCUT2D eigenvalue weighted by Gasteiger charge is 2.23. The predicted octanol–water partition coefficient (Wildman–Crippen LogP) is 3.52. The number of nitrogens with one attached hydrogen (secondary N) is 1. The van der Waals surface area contributed by atoms with E-state index < -0.39 is 0 Å². The van der Waals surface area contributed by atoms with Crippen LogP contribution in [0.15, 0.2) is 18.2 Å². The highest BCUT2D eigenvalue weighted by atomic mass is 32.1. The molecule has 0 bridgehead atoms. The Bertz CT molecular complexity index is 926. The summed E-state index contributed by atoms with van der Waals surface area (Å²) < 4.78 is 0. The summed E-state index contributed by atoms with van der Waals surface area (Å²) in [5, 5.41) is 12.3. The van der Waals surface area contributed by atoms with Crippen LogP contribution in [-0.2, 0) is 21.5 Å². The molecule has 1 aliphatic rings. The van der Waals surface area contributed by atoms with E-state index in [4.69, 9.17) is 0 Å². The molecule has 0 unspecified atom stereocenters. The van der Waals surface area contributed by atoms with Crippen LogP contribution in [0.3, 0.4) is 0 Å². The fourth-order valence-electron chi connectivity index (χ4n) is 3.56. The average molecular weight is 444 g/mol. The van der Waals surface area contributed by atoms with Gasteiger partial charge in [0.1, 0.15) is 5.01 Å². The van der Waals surface area contributed by atoms with Crippen LogP contribution in [0.2, 0.25) is 0 Å². The molecule has 168 valence electrons. The normalized spacial score (nSPS) is 15.2. The Morgan fingerprint density at radius 3 is 2.39 bits per heavy atom. The molecule has 0 aliphatic carbocycles. The van der Waals surface area contributed by atoms with Gasteiger partial charge in [-0.3, -0.25) is 14.5 Å². The van der Waals surface area contributed by atoms with Crippen molar-refractivity contribution in [1.82, 2.24) is 20.0 Å². The molecule has 7 nitrogen and oxygen atoms in total. The largest absolute Gasteiger partial charge is 0.340 e. The maximum atomic E-state index is 12.5. The van der Waals surface area contributed by atoms with Gasteiger partial charge < -0.3 is 10.2 Å². The van der Waals surface area contributed by atoms with Crippen LogP contribution in [0.25, 0.3) is 0 Å². The van der Waals surface area contributed by atoms with Crippen molar-refractivity contribution in [3.63, 3.8) is 0 Å². The summed E-state index contributed by atoms with van der Waals surface area (Å²) in [5.74, 6) is -0.160. The zero-order chi connectivity index (χ0) is 22.6. The smallest absolute Gasteiger partial charge is 0.226 e. The van der Waals surface area contributed by atoms with Crippen molar-refractivity contribution in [1.29, 1.82) is 0 Å². The van der Waals surface area contributed by atoms with E-state index in [2.05, 4.69) is 73.2 Å². The van der Waals surface area contributed by atoms with Crippen LogP contribution in [0.4, 0.5) is 5.13 Å². The molecule has 1 saturated heterocycles. The molecule has 1 N–H and O–H groups in total.